The van der Waals surface area contributed by atoms with Gasteiger partial charge in [-0.25, -0.2) is 13.4 Å². The van der Waals surface area contributed by atoms with Crippen molar-refractivity contribution in [3.8, 4) is 0 Å². The summed E-state index contributed by atoms with van der Waals surface area (Å²) in [6.45, 7) is 3.91. The van der Waals surface area contributed by atoms with Crippen molar-refractivity contribution in [3.63, 3.8) is 0 Å². The first kappa shape index (κ1) is 21.1. The molecule has 11 heteroatoms. The average molecular weight is 428 g/mol. The van der Waals surface area contributed by atoms with Gasteiger partial charge in [0.05, 0.1) is 22.5 Å². The van der Waals surface area contributed by atoms with E-state index in [1.165, 1.54) is 28.7 Å². The van der Waals surface area contributed by atoms with Gasteiger partial charge in [0.15, 0.2) is 0 Å². The van der Waals surface area contributed by atoms with Crippen molar-refractivity contribution in [1.82, 2.24) is 18.8 Å². The number of halogens is 3. The predicted molar refractivity (Wildman–Crippen MR) is 101 cm³/mol. The van der Waals surface area contributed by atoms with E-state index in [2.05, 4.69) is 9.97 Å². The first-order chi connectivity index (χ1) is 13.6. The number of nitrogens with zero attached hydrogens (tertiary/aromatic N) is 3. The molecule has 2 heterocycles. The first-order valence-corrected chi connectivity index (χ1v) is 10.3. The number of nitrogens with one attached hydrogen (secondary N) is 1. The van der Waals surface area contributed by atoms with Crippen LogP contribution in [0.1, 0.15) is 25.2 Å². The molecule has 0 radical (unpaired) electrons. The molecule has 0 aliphatic rings. The second-order valence-electron chi connectivity index (χ2n) is 6.30. The summed E-state index contributed by atoms with van der Waals surface area (Å²) in [5.41, 5.74) is -1.58. The summed E-state index contributed by atoms with van der Waals surface area (Å²) < 4.78 is 66.3. The summed E-state index contributed by atoms with van der Waals surface area (Å²) in [7, 11) is -3.67. The number of pyridine rings is 1. The van der Waals surface area contributed by atoms with Crippen molar-refractivity contribution in [1.29, 1.82) is 0 Å². The van der Waals surface area contributed by atoms with Crippen molar-refractivity contribution in [2.24, 2.45) is 0 Å². The second-order valence-corrected chi connectivity index (χ2v) is 8.24. The van der Waals surface area contributed by atoms with Gasteiger partial charge in [0.1, 0.15) is 11.4 Å². The zero-order chi connectivity index (χ0) is 21.4. The van der Waals surface area contributed by atoms with Crippen molar-refractivity contribution in [2.45, 2.75) is 31.5 Å². The standard InChI is InChI=1S/C18H19F3N4O3S/c1-3-25(4-2)29(27,28)12-7-8-14-15(10-12)23-16(22-14)11-24-9-5-6-13(17(24)26)18(19,20)21/h5-10H,3-4,11H2,1-2H3,(H,22,23). The number of imidazole rings is 1. The Morgan fingerprint density at radius 3 is 2.48 bits per heavy atom. The fourth-order valence-electron chi connectivity index (χ4n) is 3.03. The van der Waals surface area contributed by atoms with Gasteiger partial charge in [-0.05, 0) is 30.3 Å². The lowest BCUT2D eigenvalue weighted by Crippen LogP contribution is -2.30. The van der Waals surface area contributed by atoms with Crippen molar-refractivity contribution < 1.29 is 21.6 Å². The van der Waals surface area contributed by atoms with Gasteiger partial charge >= 0.3 is 6.18 Å². The number of fused-ring (bicyclic) bond motifs is 1. The molecule has 0 spiro atoms. The highest BCUT2D eigenvalue weighted by Gasteiger charge is 2.34. The largest absolute Gasteiger partial charge is 0.421 e. The quantitative estimate of drug-likeness (QED) is 0.654. The Morgan fingerprint density at radius 1 is 1.17 bits per heavy atom. The van der Waals surface area contributed by atoms with Gasteiger partial charge in [-0.1, -0.05) is 13.8 Å². The van der Waals surface area contributed by atoms with Crippen LogP contribution in [0.25, 0.3) is 11.0 Å². The SMILES string of the molecule is CCN(CC)S(=O)(=O)c1ccc2nc(Cn3cccc(C(F)(F)F)c3=O)[nH]c2c1. The summed E-state index contributed by atoms with van der Waals surface area (Å²) in [5.74, 6) is 0.235. The highest BCUT2D eigenvalue weighted by atomic mass is 32.2. The third kappa shape index (κ3) is 4.06. The van der Waals surface area contributed by atoms with Crippen LogP contribution in [0.5, 0.6) is 0 Å². The number of benzene rings is 1. The maximum atomic E-state index is 12.9. The Balaban J connectivity index is 1.97. The Morgan fingerprint density at radius 2 is 1.86 bits per heavy atom. The molecular weight excluding hydrogens is 409 g/mol. The zero-order valence-electron chi connectivity index (χ0n) is 15.7. The van der Waals surface area contributed by atoms with Gasteiger partial charge in [-0.3, -0.25) is 4.79 Å². The van der Waals surface area contributed by atoms with E-state index in [-0.39, 0.29) is 17.3 Å². The summed E-state index contributed by atoms with van der Waals surface area (Å²) in [5, 5.41) is 0. The fourth-order valence-corrected chi connectivity index (χ4v) is 4.51. The third-order valence-corrected chi connectivity index (χ3v) is 6.54. The maximum Gasteiger partial charge on any atom is 0.421 e. The fraction of sp³-hybridized carbons (Fsp3) is 0.333. The molecule has 1 N–H and O–H groups in total. The molecule has 0 aliphatic heterocycles. The van der Waals surface area contributed by atoms with Crippen LogP contribution >= 0.6 is 0 Å². The maximum absolute atomic E-state index is 12.9. The Bertz CT molecular complexity index is 1200. The summed E-state index contributed by atoms with van der Waals surface area (Å²) in [6, 6.07) is 6.23. The third-order valence-electron chi connectivity index (χ3n) is 4.49. The van der Waals surface area contributed by atoms with E-state index in [0.717, 1.165) is 16.7 Å². The Kier molecular flexibility index (Phi) is 5.54. The van der Waals surface area contributed by atoms with Gasteiger partial charge in [-0.2, -0.15) is 17.5 Å². The van der Waals surface area contributed by atoms with Crippen LogP contribution in [-0.4, -0.2) is 40.3 Å². The van der Waals surface area contributed by atoms with Gasteiger partial charge in [0, 0.05) is 19.3 Å². The van der Waals surface area contributed by atoms with Crippen LogP contribution in [0.4, 0.5) is 13.2 Å². The van der Waals surface area contributed by atoms with E-state index in [0.29, 0.717) is 24.1 Å². The van der Waals surface area contributed by atoms with Crippen LogP contribution in [0.3, 0.4) is 0 Å². The molecule has 7 nitrogen and oxygen atoms in total. The minimum Gasteiger partial charge on any atom is -0.340 e. The lowest BCUT2D eigenvalue weighted by Gasteiger charge is -2.18. The van der Waals surface area contributed by atoms with Crippen LogP contribution in [0.15, 0.2) is 46.2 Å². The molecule has 0 bridgehead atoms. The smallest absolute Gasteiger partial charge is 0.340 e. The van der Waals surface area contributed by atoms with Crippen LogP contribution in [0, 0.1) is 0 Å². The van der Waals surface area contributed by atoms with Crippen LogP contribution < -0.4 is 5.56 Å². The number of aromatic nitrogens is 3. The van der Waals surface area contributed by atoms with Crippen molar-refractivity contribution in [2.75, 3.05) is 13.1 Å². The molecule has 3 rings (SSSR count). The van der Waals surface area contributed by atoms with E-state index in [9.17, 15) is 26.4 Å². The highest BCUT2D eigenvalue weighted by molar-refractivity contribution is 7.89. The Labute approximate surface area is 164 Å². The first-order valence-electron chi connectivity index (χ1n) is 8.83. The zero-order valence-corrected chi connectivity index (χ0v) is 16.5. The summed E-state index contributed by atoms with van der Waals surface area (Å²) >= 11 is 0. The molecule has 0 fully saturated rings. The van der Waals surface area contributed by atoms with E-state index >= 15 is 0 Å². The summed E-state index contributed by atoms with van der Waals surface area (Å²) in [4.78, 5) is 19.3. The second kappa shape index (κ2) is 7.64. The van der Waals surface area contributed by atoms with E-state index < -0.39 is 27.3 Å². The predicted octanol–water partition coefficient (Wildman–Crippen LogP) is 2.82. The number of hydrogen-bond donors (Lipinski definition) is 1. The number of aromatic amines is 1. The number of alkyl halides is 3. The van der Waals surface area contributed by atoms with E-state index in [1.54, 1.807) is 13.8 Å². The molecule has 3 aromatic rings. The van der Waals surface area contributed by atoms with Gasteiger partial charge in [0.2, 0.25) is 10.0 Å². The molecule has 0 saturated carbocycles. The molecule has 0 atom stereocenters. The molecule has 0 unspecified atom stereocenters. The lowest BCUT2D eigenvalue weighted by molar-refractivity contribution is -0.138. The number of hydrogen-bond acceptors (Lipinski definition) is 4. The van der Waals surface area contributed by atoms with Gasteiger partial charge < -0.3 is 9.55 Å². The number of H-pyrrole nitrogens is 1. The average Bonchev–Trinajstić information content (AvgIpc) is 3.04. The molecule has 29 heavy (non-hydrogen) atoms. The molecular formula is C18H19F3N4O3S. The highest BCUT2D eigenvalue weighted by Crippen LogP contribution is 2.26. The van der Waals surface area contributed by atoms with Gasteiger partial charge in [-0.15, -0.1) is 0 Å². The monoisotopic (exact) mass is 428 g/mol. The van der Waals surface area contributed by atoms with Crippen LogP contribution in [0.2, 0.25) is 0 Å². The lowest BCUT2D eigenvalue weighted by atomic mass is 10.2. The van der Waals surface area contributed by atoms with Crippen LogP contribution in [-0.2, 0) is 22.7 Å². The van der Waals surface area contributed by atoms with Crippen molar-refractivity contribution in [3.05, 3.63) is 58.3 Å². The summed E-state index contributed by atoms with van der Waals surface area (Å²) in [6.07, 6.45) is -3.51. The molecule has 0 amide bonds. The Hall–Kier alpha value is -2.66. The van der Waals surface area contributed by atoms with Gasteiger partial charge in [0.25, 0.3) is 5.56 Å². The molecule has 1 aromatic carbocycles. The topological polar surface area (TPSA) is 88.1 Å². The van der Waals surface area contributed by atoms with E-state index in [4.69, 9.17) is 0 Å². The minimum absolute atomic E-state index is 0.0835. The molecule has 0 saturated heterocycles. The number of rotatable bonds is 6. The molecule has 2 aromatic heterocycles. The molecule has 0 aliphatic carbocycles. The minimum atomic E-state index is -4.75. The van der Waals surface area contributed by atoms with Crippen molar-refractivity contribution >= 4 is 21.1 Å². The number of sulfonamides is 1. The molecule has 156 valence electrons. The normalized spacial score (nSPS) is 12.8. The van der Waals surface area contributed by atoms with E-state index in [1.807, 2.05) is 0 Å².